The summed E-state index contributed by atoms with van der Waals surface area (Å²) in [4.78, 5) is 18.6. The summed E-state index contributed by atoms with van der Waals surface area (Å²) in [6.07, 6.45) is 5.56. The third-order valence-electron chi connectivity index (χ3n) is 3.65. The predicted molar refractivity (Wildman–Crippen MR) is 83.4 cm³/mol. The molecule has 1 aliphatic heterocycles. The Labute approximate surface area is 126 Å². The first-order valence-electron chi connectivity index (χ1n) is 7.33. The van der Waals surface area contributed by atoms with Crippen molar-refractivity contribution >= 4 is 11.7 Å². The quantitative estimate of drug-likeness (QED) is 0.816. The molecule has 1 N–H and O–H groups in total. The zero-order chi connectivity index (χ0) is 15.1. The summed E-state index contributed by atoms with van der Waals surface area (Å²) >= 11 is 0. The van der Waals surface area contributed by atoms with Gasteiger partial charge in [-0.3, -0.25) is 4.79 Å². The Bertz CT molecular complexity index is 471. The number of amides is 1. The third kappa shape index (κ3) is 4.29. The van der Waals surface area contributed by atoms with E-state index >= 15 is 0 Å². The van der Waals surface area contributed by atoms with E-state index in [1.165, 1.54) is 0 Å². The minimum absolute atomic E-state index is 0.0542. The van der Waals surface area contributed by atoms with Gasteiger partial charge in [-0.2, -0.15) is 0 Å². The maximum Gasteiger partial charge on any atom is 0.255 e. The molecule has 1 atom stereocenters. The van der Waals surface area contributed by atoms with Gasteiger partial charge in [0.15, 0.2) is 0 Å². The highest BCUT2D eigenvalue weighted by Gasteiger charge is 2.24. The number of nitrogens with one attached hydrogen (secondary N) is 1. The second-order valence-electron chi connectivity index (χ2n) is 5.32. The van der Waals surface area contributed by atoms with E-state index in [4.69, 9.17) is 4.74 Å². The van der Waals surface area contributed by atoms with Crippen molar-refractivity contribution in [3.63, 3.8) is 0 Å². The number of hydrogen-bond acceptors (Lipinski definition) is 4. The van der Waals surface area contributed by atoms with Gasteiger partial charge in [0.1, 0.15) is 5.82 Å². The van der Waals surface area contributed by atoms with Crippen LogP contribution in [0.2, 0.25) is 0 Å². The lowest BCUT2D eigenvalue weighted by atomic mass is 9.98. The Morgan fingerprint density at radius 2 is 2.48 bits per heavy atom. The summed E-state index contributed by atoms with van der Waals surface area (Å²) < 4.78 is 5.20. The number of hydrogen-bond donors (Lipinski definition) is 1. The lowest BCUT2D eigenvalue weighted by molar-refractivity contribution is 0.0570. The minimum Gasteiger partial charge on any atom is -0.384 e. The van der Waals surface area contributed by atoms with Gasteiger partial charge in [-0.25, -0.2) is 4.98 Å². The average molecular weight is 289 g/mol. The second kappa shape index (κ2) is 7.78. The van der Waals surface area contributed by atoms with Gasteiger partial charge in [-0.15, -0.1) is 6.58 Å². The number of piperidine rings is 1. The first kappa shape index (κ1) is 15.5. The van der Waals surface area contributed by atoms with E-state index in [1.807, 2.05) is 17.0 Å². The normalized spacial score (nSPS) is 18.3. The fourth-order valence-corrected chi connectivity index (χ4v) is 2.61. The number of anilines is 1. The second-order valence-corrected chi connectivity index (χ2v) is 5.32. The highest BCUT2D eigenvalue weighted by atomic mass is 16.5. The van der Waals surface area contributed by atoms with Crippen molar-refractivity contribution in [2.45, 2.75) is 12.8 Å². The molecule has 1 aliphatic rings. The number of ether oxygens (including phenoxy) is 1. The fraction of sp³-hybridized carbons (Fsp3) is 0.500. The molecule has 2 heterocycles. The van der Waals surface area contributed by atoms with Gasteiger partial charge in [0.2, 0.25) is 0 Å². The van der Waals surface area contributed by atoms with Gasteiger partial charge in [-0.05, 0) is 30.9 Å². The van der Waals surface area contributed by atoms with Crippen molar-refractivity contribution in [2.75, 3.05) is 38.7 Å². The molecule has 0 bridgehead atoms. The van der Waals surface area contributed by atoms with Gasteiger partial charge in [0, 0.05) is 32.9 Å². The molecule has 1 amide bonds. The number of rotatable bonds is 6. The Morgan fingerprint density at radius 1 is 1.62 bits per heavy atom. The Kier molecular flexibility index (Phi) is 5.75. The summed E-state index contributed by atoms with van der Waals surface area (Å²) in [6.45, 7) is 6.60. The Balaban J connectivity index is 1.97. The summed E-state index contributed by atoms with van der Waals surface area (Å²) in [5.74, 6) is 1.25. The van der Waals surface area contributed by atoms with E-state index in [0.717, 1.165) is 31.7 Å². The first-order chi connectivity index (χ1) is 10.2. The number of pyridine rings is 1. The molecule has 0 aliphatic carbocycles. The molecular formula is C16H23N3O2. The summed E-state index contributed by atoms with van der Waals surface area (Å²) in [6, 6.07) is 3.65. The molecule has 5 nitrogen and oxygen atoms in total. The molecule has 2 rings (SSSR count). The van der Waals surface area contributed by atoms with Gasteiger partial charge in [0.05, 0.1) is 12.2 Å². The molecule has 114 valence electrons. The van der Waals surface area contributed by atoms with Crippen LogP contribution >= 0.6 is 0 Å². The predicted octanol–water partition coefficient (Wildman–Crippen LogP) is 2.18. The number of carbonyl (C=O) groups is 1. The molecule has 5 heteroatoms. The lowest BCUT2D eigenvalue weighted by Crippen LogP contribution is -2.41. The zero-order valence-electron chi connectivity index (χ0n) is 12.5. The average Bonchev–Trinajstić information content (AvgIpc) is 2.53. The van der Waals surface area contributed by atoms with Gasteiger partial charge in [-0.1, -0.05) is 6.08 Å². The van der Waals surface area contributed by atoms with Gasteiger partial charge in [0.25, 0.3) is 5.91 Å². The standard InChI is InChI=1S/C16H23N3O2/c1-3-8-17-15-7-6-14(10-18-15)16(20)19-9-4-5-13(11-19)12-21-2/h3,6-7,10,13H,1,4-5,8-9,11-12H2,2H3,(H,17,18)/t13-/m1/s1. The summed E-state index contributed by atoms with van der Waals surface area (Å²) in [5, 5.41) is 3.09. The van der Waals surface area contributed by atoms with E-state index in [-0.39, 0.29) is 5.91 Å². The smallest absolute Gasteiger partial charge is 0.255 e. The number of nitrogens with zero attached hydrogens (tertiary/aromatic N) is 2. The number of aromatic nitrogens is 1. The van der Waals surface area contributed by atoms with Crippen molar-refractivity contribution in [3.05, 3.63) is 36.5 Å². The van der Waals surface area contributed by atoms with E-state index in [2.05, 4.69) is 16.9 Å². The van der Waals surface area contributed by atoms with E-state index in [9.17, 15) is 4.79 Å². The maximum atomic E-state index is 12.5. The highest BCUT2D eigenvalue weighted by Crippen LogP contribution is 2.19. The van der Waals surface area contributed by atoms with Crippen LogP contribution in [0.5, 0.6) is 0 Å². The van der Waals surface area contributed by atoms with Gasteiger partial charge < -0.3 is 15.0 Å². The molecule has 0 saturated carbocycles. The molecular weight excluding hydrogens is 266 g/mol. The molecule has 1 fully saturated rings. The van der Waals surface area contributed by atoms with Crippen LogP contribution in [0, 0.1) is 5.92 Å². The van der Waals surface area contributed by atoms with Crippen LogP contribution in [0.25, 0.3) is 0 Å². The van der Waals surface area contributed by atoms with E-state index in [1.54, 1.807) is 19.4 Å². The van der Waals surface area contributed by atoms with Crippen molar-refractivity contribution < 1.29 is 9.53 Å². The van der Waals surface area contributed by atoms with Gasteiger partial charge >= 0.3 is 0 Å². The molecule has 0 radical (unpaired) electrons. The molecule has 0 aromatic carbocycles. The van der Waals surface area contributed by atoms with Crippen molar-refractivity contribution in [2.24, 2.45) is 5.92 Å². The van der Waals surface area contributed by atoms with Crippen molar-refractivity contribution in [3.8, 4) is 0 Å². The fourth-order valence-electron chi connectivity index (χ4n) is 2.61. The zero-order valence-corrected chi connectivity index (χ0v) is 12.5. The maximum absolute atomic E-state index is 12.5. The SMILES string of the molecule is C=CCNc1ccc(C(=O)N2CCC[C@@H](COC)C2)cn1. The number of carbonyl (C=O) groups excluding carboxylic acids is 1. The minimum atomic E-state index is 0.0542. The Morgan fingerprint density at radius 3 is 3.14 bits per heavy atom. The third-order valence-corrected chi connectivity index (χ3v) is 3.65. The molecule has 1 saturated heterocycles. The molecule has 1 aromatic rings. The number of likely N-dealkylation sites (tertiary alicyclic amines) is 1. The van der Waals surface area contributed by atoms with Crippen LogP contribution in [0.15, 0.2) is 31.0 Å². The monoisotopic (exact) mass is 289 g/mol. The van der Waals surface area contributed by atoms with Crippen molar-refractivity contribution in [1.29, 1.82) is 0 Å². The van der Waals surface area contributed by atoms with E-state index < -0.39 is 0 Å². The largest absolute Gasteiger partial charge is 0.384 e. The first-order valence-corrected chi connectivity index (χ1v) is 7.33. The van der Waals surface area contributed by atoms with Crippen molar-refractivity contribution in [1.82, 2.24) is 9.88 Å². The Hall–Kier alpha value is -1.88. The van der Waals surface area contributed by atoms with E-state index in [0.29, 0.717) is 24.6 Å². The molecule has 21 heavy (non-hydrogen) atoms. The topological polar surface area (TPSA) is 54.5 Å². The van der Waals surface area contributed by atoms with Crippen LogP contribution < -0.4 is 5.32 Å². The molecule has 1 aromatic heterocycles. The summed E-state index contributed by atoms with van der Waals surface area (Å²) in [7, 11) is 1.71. The highest BCUT2D eigenvalue weighted by molar-refractivity contribution is 5.94. The molecule has 0 spiro atoms. The van der Waals surface area contributed by atoms with Crippen LogP contribution in [0.3, 0.4) is 0 Å². The van der Waals surface area contributed by atoms with Crippen LogP contribution in [0.1, 0.15) is 23.2 Å². The number of methoxy groups -OCH3 is 1. The lowest BCUT2D eigenvalue weighted by Gasteiger charge is -2.32. The van der Waals surface area contributed by atoms with Crippen LogP contribution in [-0.4, -0.2) is 49.1 Å². The summed E-state index contributed by atoms with van der Waals surface area (Å²) in [5.41, 5.74) is 0.636. The molecule has 0 unspecified atom stereocenters. The van der Waals surface area contributed by atoms with Crippen LogP contribution in [-0.2, 0) is 4.74 Å². The van der Waals surface area contributed by atoms with Crippen LogP contribution in [0.4, 0.5) is 5.82 Å².